The van der Waals surface area contributed by atoms with Gasteiger partial charge in [-0.3, -0.25) is 4.68 Å². The predicted molar refractivity (Wildman–Crippen MR) is 79.6 cm³/mol. The Morgan fingerprint density at radius 3 is 2.45 bits per heavy atom. The normalized spacial score (nSPS) is 16.1. The number of aryl methyl sites for hydroxylation is 1. The first-order valence-electron chi connectivity index (χ1n) is 7.49. The molecule has 0 aromatic carbocycles. The first-order chi connectivity index (χ1) is 9.88. The number of anilines is 1. The van der Waals surface area contributed by atoms with Crippen LogP contribution in [0.4, 0.5) is 5.82 Å². The number of hydrogen-bond donors (Lipinski definition) is 0. The zero-order valence-corrected chi connectivity index (χ0v) is 12.0. The molecule has 0 bridgehead atoms. The third kappa shape index (κ3) is 2.66. The summed E-state index contributed by atoms with van der Waals surface area (Å²) in [5.74, 6) is 0.998. The molecule has 0 saturated carbocycles. The highest BCUT2D eigenvalue weighted by Crippen LogP contribution is 2.20. The summed E-state index contributed by atoms with van der Waals surface area (Å²) in [6.45, 7) is 5.12. The Hall–Kier alpha value is -1.91. The van der Waals surface area contributed by atoms with Gasteiger partial charge in [0.25, 0.3) is 0 Å². The topological polar surface area (TPSA) is 46.8 Å². The van der Waals surface area contributed by atoms with Gasteiger partial charge in [-0.15, -0.1) is 10.2 Å². The van der Waals surface area contributed by atoms with Gasteiger partial charge in [-0.2, -0.15) is 5.10 Å². The van der Waals surface area contributed by atoms with Crippen LogP contribution in [-0.2, 0) is 6.54 Å². The molecule has 0 unspecified atom stereocenters. The maximum atomic E-state index is 4.41. The van der Waals surface area contributed by atoms with Gasteiger partial charge in [0.2, 0.25) is 0 Å². The van der Waals surface area contributed by atoms with Crippen LogP contribution in [0.15, 0.2) is 24.4 Å². The van der Waals surface area contributed by atoms with E-state index in [2.05, 4.69) is 39.3 Å². The Bertz CT molecular complexity index is 538. The number of rotatable bonds is 3. The Balaban J connectivity index is 1.80. The highest BCUT2D eigenvalue weighted by Gasteiger charge is 2.12. The molecule has 5 nitrogen and oxygen atoms in total. The van der Waals surface area contributed by atoms with E-state index >= 15 is 0 Å². The van der Waals surface area contributed by atoms with E-state index in [1.54, 1.807) is 0 Å². The van der Waals surface area contributed by atoms with Gasteiger partial charge in [-0.05, 0) is 38.0 Å². The molecule has 2 aromatic rings. The third-order valence-electron chi connectivity index (χ3n) is 3.86. The molecule has 2 aromatic heterocycles. The molecule has 0 amide bonds. The lowest BCUT2D eigenvalue weighted by Crippen LogP contribution is -2.25. The van der Waals surface area contributed by atoms with E-state index in [4.69, 9.17) is 0 Å². The minimum Gasteiger partial charge on any atom is -0.355 e. The average Bonchev–Trinajstić information content (AvgIpc) is 2.81. The molecule has 0 atom stereocenters. The van der Waals surface area contributed by atoms with E-state index in [1.165, 1.54) is 25.7 Å². The predicted octanol–water partition coefficient (Wildman–Crippen LogP) is 2.74. The van der Waals surface area contributed by atoms with Gasteiger partial charge in [0.1, 0.15) is 5.69 Å². The molecule has 1 fully saturated rings. The molecule has 20 heavy (non-hydrogen) atoms. The Kier molecular flexibility index (Phi) is 3.95. The first-order valence-corrected chi connectivity index (χ1v) is 7.49. The van der Waals surface area contributed by atoms with E-state index in [0.29, 0.717) is 0 Å². The number of nitrogens with zero attached hydrogens (tertiary/aromatic N) is 5. The van der Waals surface area contributed by atoms with Crippen LogP contribution in [0.1, 0.15) is 32.6 Å². The monoisotopic (exact) mass is 271 g/mol. The molecule has 106 valence electrons. The van der Waals surface area contributed by atoms with Crippen molar-refractivity contribution in [3.05, 3.63) is 24.4 Å². The molecular weight excluding hydrogens is 250 g/mol. The van der Waals surface area contributed by atoms with Gasteiger partial charge in [0, 0.05) is 25.8 Å². The van der Waals surface area contributed by atoms with E-state index in [1.807, 2.05) is 16.9 Å². The van der Waals surface area contributed by atoms with Crippen molar-refractivity contribution in [3.63, 3.8) is 0 Å². The SMILES string of the molecule is CCn1nccc1-c1ccc(N2CCCCCC2)nn1. The molecule has 0 aliphatic carbocycles. The van der Waals surface area contributed by atoms with E-state index in [9.17, 15) is 0 Å². The van der Waals surface area contributed by atoms with Crippen LogP contribution >= 0.6 is 0 Å². The standard InChI is InChI=1S/C15H21N5/c1-2-20-14(9-10-16-20)13-7-8-15(18-17-13)19-11-5-3-4-6-12-19/h7-10H,2-6,11-12H2,1H3. The molecule has 1 saturated heterocycles. The smallest absolute Gasteiger partial charge is 0.151 e. The molecule has 3 heterocycles. The van der Waals surface area contributed by atoms with Crippen molar-refractivity contribution in [1.82, 2.24) is 20.0 Å². The van der Waals surface area contributed by atoms with E-state index in [-0.39, 0.29) is 0 Å². The molecule has 1 aliphatic heterocycles. The average molecular weight is 271 g/mol. The summed E-state index contributed by atoms with van der Waals surface area (Å²) in [7, 11) is 0. The van der Waals surface area contributed by atoms with Crippen molar-refractivity contribution in [3.8, 4) is 11.4 Å². The fourth-order valence-electron chi connectivity index (χ4n) is 2.73. The van der Waals surface area contributed by atoms with Gasteiger partial charge in [-0.1, -0.05) is 12.8 Å². The van der Waals surface area contributed by atoms with Crippen molar-refractivity contribution < 1.29 is 0 Å². The lowest BCUT2D eigenvalue weighted by atomic mass is 10.2. The second-order valence-electron chi connectivity index (χ2n) is 5.21. The van der Waals surface area contributed by atoms with Crippen molar-refractivity contribution in [2.75, 3.05) is 18.0 Å². The van der Waals surface area contributed by atoms with E-state index < -0.39 is 0 Å². The quantitative estimate of drug-likeness (QED) is 0.861. The van der Waals surface area contributed by atoms with Crippen LogP contribution in [0.3, 0.4) is 0 Å². The van der Waals surface area contributed by atoms with Crippen LogP contribution in [0.5, 0.6) is 0 Å². The van der Waals surface area contributed by atoms with Crippen LogP contribution < -0.4 is 4.90 Å². The molecule has 0 spiro atoms. The fourth-order valence-corrected chi connectivity index (χ4v) is 2.73. The number of hydrogen-bond acceptors (Lipinski definition) is 4. The summed E-state index contributed by atoms with van der Waals surface area (Å²) in [5.41, 5.74) is 1.92. The van der Waals surface area contributed by atoms with Crippen molar-refractivity contribution in [2.24, 2.45) is 0 Å². The van der Waals surface area contributed by atoms with Gasteiger partial charge in [0.05, 0.1) is 5.69 Å². The van der Waals surface area contributed by atoms with Crippen molar-refractivity contribution in [2.45, 2.75) is 39.2 Å². The molecule has 1 aliphatic rings. The first kappa shape index (κ1) is 13.1. The largest absolute Gasteiger partial charge is 0.355 e. The highest BCUT2D eigenvalue weighted by atomic mass is 15.3. The Morgan fingerprint density at radius 1 is 1.00 bits per heavy atom. The second kappa shape index (κ2) is 6.03. The number of aromatic nitrogens is 4. The molecule has 5 heteroatoms. The van der Waals surface area contributed by atoms with Gasteiger partial charge in [-0.25, -0.2) is 0 Å². The fraction of sp³-hybridized carbons (Fsp3) is 0.533. The zero-order chi connectivity index (χ0) is 13.8. The van der Waals surface area contributed by atoms with Crippen LogP contribution in [0.2, 0.25) is 0 Å². The Labute approximate surface area is 119 Å². The summed E-state index contributed by atoms with van der Waals surface area (Å²) in [5, 5.41) is 13.1. The second-order valence-corrected chi connectivity index (χ2v) is 5.21. The van der Waals surface area contributed by atoms with E-state index in [0.717, 1.165) is 36.8 Å². The summed E-state index contributed by atoms with van der Waals surface area (Å²) in [4.78, 5) is 2.35. The summed E-state index contributed by atoms with van der Waals surface area (Å²) in [6, 6.07) is 6.12. The maximum absolute atomic E-state index is 4.41. The van der Waals surface area contributed by atoms with Crippen LogP contribution in [-0.4, -0.2) is 33.1 Å². The van der Waals surface area contributed by atoms with Crippen LogP contribution in [0.25, 0.3) is 11.4 Å². The van der Waals surface area contributed by atoms with Gasteiger partial charge >= 0.3 is 0 Å². The summed E-state index contributed by atoms with van der Waals surface area (Å²) >= 11 is 0. The van der Waals surface area contributed by atoms with Crippen molar-refractivity contribution >= 4 is 5.82 Å². The maximum Gasteiger partial charge on any atom is 0.151 e. The van der Waals surface area contributed by atoms with Gasteiger partial charge < -0.3 is 4.90 Å². The minimum atomic E-state index is 0.845. The zero-order valence-electron chi connectivity index (χ0n) is 12.0. The molecule has 0 N–H and O–H groups in total. The molecule has 3 rings (SSSR count). The Morgan fingerprint density at radius 2 is 1.80 bits per heavy atom. The molecule has 0 radical (unpaired) electrons. The van der Waals surface area contributed by atoms with Crippen molar-refractivity contribution in [1.29, 1.82) is 0 Å². The van der Waals surface area contributed by atoms with Gasteiger partial charge in [0.15, 0.2) is 5.82 Å². The molecular formula is C15H21N5. The lowest BCUT2D eigenvalue weighted by Gasteiger charge is -2.20. The summed E-state index contributed by atoms with van der Waals surface area (Å²) in [6.07, 6.45) is 6.98. The summed E-state index contributed by atoms with van der Waals surface area (Å²) < 4.78 is 1.94. The minimum absolute atomic E-state index is 0.845. The van der Waals surface area contributed by atoms with Crippen LogP contribution in [0, 0.1) is 0 Å². The third-order valence-corrected chi connectivity index (χ3v) is 3.86. The lowest BCUT2D eigenvalue weighted by molar-refractivity contribution is 0.664. The highest BCUT2D eigenvalue weighted by molar-refractivity contribution is 5.55.